The Labute approximate surface area is 140 Å². The zero-order valence-electron chi connectivity index (χ0n) is 12.5. The molecule has 0 saturated carbocycles. The van der Waals surface area contributed by atoms with Gasteiger partial charge in [0.15, 0.2) is 17.5 Å². The second-order valence-corrected chi connectivity index (χ2v) is 6.77. The van der Waals surface area contributed by atoms with Crippen molar-refractivity contribution >= 4 is 27.5 Å². The maximum Gasteiger partial charge on any atom is 0.414 e. The molecule has 1 aliphatic heterocycles. The molecule has 10 heteroatoms. The molecule has 0 radical (unpaired) electrons. The van der Waals surface area contributed by atoms with Crippen molar-refractivity contribution in [3.05, 3.63) is 53.8 Å². The lowest BCUT2D eigenvalue weighted by Crippen LogP contribution is -2.23. The molecule has 1 aliphatic rings. The summed E-state index contributed by atoms with van der Waals surface area (Å²) in [4.78, 5) is 12.5. The molecule has 0 atom stereocenters. The molecule has 25 heavy (non-hydrogen) atoms. The summed E-state index contributed by atoms with van der Waals surface area (Å²) in [6, 6.07) is 6.53. The number of carbonyl (C=O) groups is 1. The van der Waals surface area contributed by atoms with Crippen LogP contribution in [0.25, 0.3) is 0 Å². The number of nitrogens with zero attached hydrogens (tertiary/aromatic N) is 1. The number of nitrogens with one attached hydrogen (secondary N) is 1. The Bertz CT molecular complexity index is 933. The first kappa shape index (κ1) is 17.1. The fourth-order valence-electron chi connectivity index (χ4n) is 2.24. The molecule has 0 unspecified atom stereocenters. The molecule has 0 bridgehead atoms. The number of benzene rings is 2. The van der Waals surface area contributed by atoms with E-state index in [1.54, 1.807) is 0 Å². The Morgan fingerprint density at radius 1 is 1.00 bits per heavy atom. The predicted molar refractivity (Wildman–Crippen MR) is 82.3 cm³/mol. The van der Waals surface area contributed by atoms with E-state index in [-0.39, 0.29) is 11.5 Å². The van der Waals surface area contributed by atoms with Gasteiger partial charge in [-0.25, -0.2) is 26.4 Å². The molecule has 0 spiro atoms. The van der Waals surface area contributed by atoms with Crippen molar-refractivity contribution in [2.24, 2.45) is 0 Å². The number of anilines is 2. The van der Waals surface area contributed by atoms with Crippen LogP contribution in [0, 0.1) is 17.5 Å². The van der Waals surface area contributed by atoms with Crippen LogP contribution in [-0.2, 0) is 14.8 Å². The maximum absolute atomic E-state index is 13.6. The second kappa shape index (κ2) is 6.28. The van der Waals surface area contributed by atoms with Gasteiger partial charge >= 0.3 is 6.09 Å². The molecule has 1 fully saturated rings. The van der Waals surface area contributed by atoms with Crippen LogP contribution < -0.4 is 9.62 Å². The van der Waals surface area contributed by atoms with Gasteiger partial charge in [0.1, 0.15) is 6.61 Å². The van der Waals surface area contributed by atoms with Crippen molar-refractivity contribution < 1.29 is 31.1 Å². The number of halogens is 3. The van der Waals surface area contributed by atoms with E-state index in [0.717, 1.165) is 6.07 Å². The molecule has 2 aromatic rings. The molecule has 0 aliphatic carbocycles. The monoisotopic (exact) mass is 372 g/mol. The zero-order valence-corrected chi connectivity index (χ0v) is 13.3. The lowest BCUT2D eigenvalue weighted by molar-refractivity contribution is 0.181. The molecular weight excluding hydrogens is 361 g/mol. The summed E-state index contributed by atoms with van der Waals surface area (Å²) in [5.41, 5.74) is -0.286. The van der Waals surface area contributed by atoms with Gasteiger partial charge in [-0.05, 0) is 36.4 Å². The Hall–Kier alpha value is -2.75. The van der Waals surface area contributed by atoms with Crippen molar-refractivity contribution in [1.82, 2.24) is 0 Å². The van der Waals surface area contributed by atoms with Crippen LogP contribution in [0.4, 0.5) is 29.3 Å². The molecule has 6 nitrogen and oxygen atoms in total. The second-order valence-electron chi connectivity index (χ2n) is 5.09. The fourth-order valence-corrected chi connectivity index (χ4v) is 3.30. The van der Waals surface area contributed by atoms with Crippen molar-refractivity contribution in [2.45, 2.75) is 4.90 Å². The highest BCUT2D eigenvalue weighted by molar-refractivity contribution is 7.92. The summed E-state index contributed by atoms with van der Waals surface area (Å²) >= 11 is 0. The van der Waals surface area contributed by atoms with Crippen LogP contribution in [0.1, 0.15) is 0 Å². The molecule has 132 valence electrons. The number of hydrogen-bond donors (Lipinski definition) is 1. The highest BCUT2D eigenvalue weighted by Crippen LogP contribution is 2.25. The van der Waals surface area contributed by atoms with E-state index >= 15 is 0 Å². The summed E-state index contributed by atoms with van der Waals surface area (Å²) in [5, 5.41) is 0. The number of ether oxygens (including phenoxy) is 1. The first-order chi connectivity index (χ1) is 11.8. The standard InChI is InChI=1S/C15H11F3N2O4S/c16-11-5-6-12(14(18)13(11)17)19-25(22,23)10-3-1-9(2-4-10)20-7-8-24-15(20)21/h1-6,19H,7-8H2. The van der Waals surface area contributed by atoms with Gasteiger partial charge in [0.05, 0.1) is 17.1 Å². The molecule has 1 amide bonds. The Kier molecular flexibility index (Phi) is 4.29. The average molecular weight is 372 g/mol. The summed E-state index contributed by atoms with van der Waals surface area (Å²) in [5.74, 6) is -4.84. The number of hydrogen-bond acceptors (Lipinski definition) is 4. The zero-order chi connectivity index (χ0) is 18.2. The van der Waals surface area contributed by atoms with Crippen LogP contribution >= 0.6 is 0 Å². The van der Waals surface area contributed by atoms with Gasteiger partial charge in [0.25, 0.3) is 10.0 Å². The third-order valence-corrected chi connectivity index (χ3v) is 4.88. The predicted octanol–water partition coefficient (Wildman–Crippen LogP) is 2.86. The fraction of sp³-hybridized carbons (Fsp3) is 0.133. The van der Waals surface area contributed by atoms with Crippen molar-refractivity contribution in [2.75, 3.05) is 22.8 Å². The minimum absolute atomic E-state index is 0.232. The highest BCUT2D eigenvalue weighted by Gasteiger charge is 2.25. The lowest BCUT2D eigenvalue weighted by Gasteiger charge is -2.14. The van der Waals surface area contributed by atoms with Crippen LogP contribution in [-0.4, -0.2) is 27.7 Å². The number of sulfonamides is 1. The smallest absolute Gasteiger partial charge is 0.414 e. The molecule has 1 heterocycles. The van der Waals surface area contributed by atoms with E-state index in [1.165, 1.54) is 29.2 Å². The number of cyclic esters (lactones) is 1. The number of rotatable bonds is 4. The van der Waals surface area contributed by atoms with E-state index in [1.807, 2.05) is 4.72 Å². The first-order valence-corrected chi connectivity index (χ1v) is 8.48. The molecule has 2 aromatic carbocycles. The van der Waals surface area contributed by atoms with Crippen LogP contribution in [0.5, 0.6) is 0 Å². The number of carbonyl (C=O) groups excluding carboxylic acids is 1. The van der Waals surface area contributed by atoms with Crippen LogP contribution in [0.15, 0.2) is 41.3 Å². The van der Waals surface area contributed by atoms with Crippen LogP contribution in [0.3, 0.4) is 0 Å². The van der Waals surface area contributed by atoms with Crippen LogP contribution in [0.2, 0.25) is 0 Å². The van der Waals surface area contributed by atoms with Gasteiger partial charge in [-0.15, -0.1) is 0 Å². The van der Waals surface area contributed by atoms with Crippen molar-refractivity contribution in [3.8, 4) is 0 Å². The molecule has 3 rings (SSSR count). The first-order valence-electron chi connectivity index (χ1n) is 7.00. The van der Waals surface area contributed by atoms with E-state index < -0.39 is 39.3 Å². The normalized spacial score (nSPS) is 14.5. The summed E-state index contributed by atoms with van der Waals surface area (Å²) in [7, 11) is -4.23. The van der Waals surface area contributed by atoms with Gasteiger partial charge in [-0.2, -0.15) is 0 Å². The quantitative estimate of drug-likeness (QED) is 0.838. The van der Waals surface area contributed by atoms with Gasteiger partial charge < -0.3 is 4.74 Å². The lowest BCUT2D eigenvalue weighted by atomic mass is 10.3. The minimum Gasteiger partial charge on any atom is -0.447 e. The summed E-state index contributed by atoms with van der Waals surface area (Å²) in [6.07, 6.45) is -0.544. The number of amides is 1. The molecule has 0 aromatic heterocycles. The molecule has 1 N–H and O–H groups in total. The Morgan fingerprint density at radius 3 is 2.28 bits per heavy atom. The van der Waals surface area contributed by atoms with Gasteiger partial charge in [0, 0.05) is 5.69 Å². The Balaban J connectivity index is 1.85. The van der Waals surface area contributed by atoms with Crippen molar-refractivity contribution in [3.63, 3.8) is 0 Å². The third-order valence-electron chi connectivity index (χ3n) is 3.50. The average Bonchev–Trinajstić information content (AvgIpc) is 3.01. The molecule has 1 saturated heterocycles. The van der Waals surface area contributed by atoms with E-state index in [0.29, 0.717) is 18.3 Å². The highest BCUT2D eigenvalue weighted by atomic mass is 32.2. The van der Waals surface area contributed by atoms with Gasteiger partial charge in [-0.3, -0.25) is 9.62 Å². The SMILES string of the molecule is O=C1OCCN1c1ccc(S(=O)(=O)Nc2ccc(F)c(F)c2F)cc1. The van der Waals surface area contributed by atoms with E-state index in [9.17, 15) is 26.4 Å². The van der Waals surface area contributed by atoms with E-state index in [2.05, 4.69) is 0 Å². The maximum atomic E-state index is 13.6. The third kappa shape index (κ3) is 3.25. The topological polar surface area (TPSA) is 75.7 Å². The van der Waals surface area contributed by atoms with Gasteiger partial charge in [0.2, 0.25) is 0 Å². The van der Waals surface area contributed by atoms with Gasteiger partial charge in [-0.1, -0.05) is 0 Å². The minimum atomic E-state index is -4.23. The van der Waals surface area contributed by atoms with E-state index in [4.69, 9.17) is 4.74 Å². The summed E-state index contributed by atoms with van der Waals surface area (Å²) in [6.45, 7) is 0.569. The largest absolute Gasteiger partial charge is 0.447 e. The summed E-state index contributed by atoms with van der Waals surface area (Å²) < 4.78 is 70.9. The Morgan fingerprint density at radius 2 is 1.68 bits per heavy atom. The molecular formula is C15H11F3N2O4S. The van der Waals surface area contributed by atoms with Crippen molar-refractivity contribution in [1.29, 1.82) is 0 Å².